The molecule has 1 aromatic carbocycles. The molecule has 2 amide bonds. The summed E-state index contributed by atoms with van der Waals surface area (Å²) in [5.74, 6) is 0.187. The van der Waals surface area contributed by atoms with E-state index in [-0.39, 0.29) is 11.8 Å². The van der Waals surface area contributed by atoms with Crippen LogP contribution in [0.5, 0.6) is 0 Å². The third-order valence-corrected chi connectivity index (χ3v) is 3.81. The molecule has 0 bridgehead atoms. The second kappa shape index (κ2) is 7.22. The van der Waals surface area contributed by atoms with Crippen LogP contribution in [-0.4, -0.2) is 54.3 Å². The van der Waals surface area contributed by atoms with Crippen molar-refractivity contribution in [2.45, 2.75) is 19.8 Å². The molecule has 1 fully saturated rings. The summed E-state index contributed by atoms with van der Waals surface area (Å²) >= 11 is 0. The average molecular weight is 289 g/mol. The van der Waals surface area contributed by atoms with Gasteiger partial charge in [0, 0.05) is 38.2 Å². The van der Waals surface area contributed by atoms with Crippen LogP contribution >= 0.6 is 0 Å². The number of hydrogen-bond donors (Lipinski definition) is 1. The average Bonchev–Trinajstić information content (AvgIpc) is 2.53. The van der Waals surface area contributed by atoms with Crippen LogP contribution in [-0.2, 0) is 4.79 Å². The second-order valence-corrected chi connectivity index (χ2v) is 5.43. The largest absolute Gasteiger partial charge is 0.339 e. The summed E-state index contributed by atoms with van der Waals surface area (Å²) in [7, 11) is 0. The summed E-state index contributed by atoms with van der Waals surface area (Å²) in [6.45, 7) is 4.96. The van der Waals surface area contributed by atoms with E-state index >= 15 is 0 Å². The lowest BCUT2D eigenvalue weighted by atomic mass is 10.1. The summed E-state index contributed by atoms with van der Waals surface area (Å²) in [5, 5.41) is 0. The number of rotatable bonds is 4. The predicted octanol–water partition coefficient (Wildman–Crippen LogP) is 1.02. The number of carbonyl (C=O) groups is 2. The van der Waals surface area contributed by atoms with Crippen LogP contribution in [0, 0.1) is 6.92 Å². The van der Waals surface area contributed by atoms with Crippen molar-refractivity contribution >= 4 is 11.8 Å². The van der Waals surface area contributed by atoms with Gasteiger partial charge in [0.25, 0.3) is 5.91 Å². The Balaban J connectivity index is 1.87. The lowest BCUT2D eigenvalue weighted by molar-refractivity contribution is -0.132. The number of nitrogens with two attached hydrogens (primary N) is 1. The minimum atomic E-state index is 0.0454. The van der Waals surface area contributed by atoms with E-state index in [0.29, 0.717) is 44.7 Å². The Morgan fingerprint density at radius 2 is 1.62 bits per heavy atom. The Kier molecular flexibility index (Phi) is 5.33. The summed E-state index contributed by atoms with van der Waals surface area (Å²) in [4.78, 5) is 27.9. The molecule has 1 aliphatic rings. The van der Waals surface area contributed by atoms with Gasteiger partial charge >= 0.3 is 0 Å². The number of hydrogen-bond acceptors (Lipinski definition) is 3. The van der Waals surface area contributed by atoms with Gasteiger partial charge in [-0.1, -0.05) is 17.7 Å². The van der Waals surface area contributed by atoms with Gasteiger partial charge in [-0.3, -0.25) is 9.59 Å². The van der Waals surface area contributed by atoms with Gasteiger partial charge in [-0.2, -0.15) is 0 Å². The standard InChI is InChI=1S/C16H23N3O2/c1-13-4-6-14(7-5-13)16(21)19-11-9-18(10-12-19)15(20)3-2-8-17/h4-7H,2-3,8-12,17H2,1H3. The van der Waals surface area contributed by atoms with E-state index in [4.69, 9.17) is 5.73 Å². The zero-order valence-electron chi connectivity index (χ0n) is 12.5. The number of benzene rings is 1. The van der Waals surface area contributed by atoms with Crippen molar-refractivity contribution in [1.82, 2.24) is 9.80 Å². The van der Waals surface area contributed by atoms with Crippen molar-refractivity contribution in [3.8, 4) is 0 Å². The third kappa shape index (κ3) is 4.04. The van der Waals surface area contributed by atoms with E-state index in [9.17, 15) is 9.59 Å². The van der Waals surface area contributed by atoms with Crippen LogP contribution in [0.4, 0.5) is 0 Å². The molecular weight excluding hydrogens is 266 g/mol. The Hall–Kier alpha value is -1.88. The quantitative estimate of drug-likeness (QED) is 0.900. The molecule has 1 aliphatic heterocycles. The highest BCUT2D eigenvalue weighted by Crippen LogP contribution is 2.11. The first-order valence-corrected chi connectivity index (χ1v) is 7.45. The molecule has 2 rings (SSSR count). The van der Waals surface area contributed by atoms with E-state index in [1.54, 1.807) is 0 Å². The topological polar surface area (TPSA) is 66.6 Å². The van der Waals surface area contributed by atoms with Crippen LogP contribution in [0.15, 0.2) is 24.3 Å². The van der Waals surface area contributed by atoms with E-state index < -0.39 is 0 Å². The Bertz CT molecular complexity index is 491. The molecule has 2 N–H and O–H groups in total. The Morgan fingerprint density at radius 3 is 2.19 bits per heavy atom. The molecule has 114 valence electrons. The monoisotopic (exact) mass is 289 g/mol. The van der Waals surface area contributed by atoms with Crippen LogP contribution in [0.3, 0.4) is 0 Å². The Morgan fingerprint density at radius 1 is 1.05 bits per heavy atom. The molecule has 0 spiro atoms. The van der Waals surface area contributed by atoms with Crippen LogP contribution in [0.25, 0.3) is 0 Å². The van der Waals surface area contributed by atoms with Crippen molar-refractivity contribution in [2.24, 2.45) is 5.73 Å². The third-order valence-electron chi connectivity index (χ3n) is 3.81. The number of amides is 2. The minimum Gasteiger partial charge on any atom is -0.339 e. The molecule has 21 heavy (non-hydrogen) atoms. The normalized spacial score (nSPS) is 15.1. The Labute approximate surface area is 125 Å². The van der Waals surface area contributed by atoms with Crippen molar-refractivity contribution in [2.75, 3.05) is 32.7 Å². The van der Waals surface area contributed by atoms with Gasteiger partial charge in [0.15, 0.2) is 0 Å². The zero-order chi connectivity index (χ0) is 15.2. The summed E-state index contributed by atoms with van der Waals surface area (Å²) < 4.78 is 0. The number of aryl methyl sites for hydroxylation is 1. The molecule has 1 heterocycles. The molecule has 0 radical (unpaired) electrons. The molecule has 1 saturated heterocycles. The highest BCUT2D eigenvalue weighted by atomic mass is 16.2. The number of carbonyl (C=O) groups excluding carboxylic acids is 2. The van der Waals surface area contributed by atoms with Crippen molar-refractivity contribution in [1.29, 1.82) is 0 Å². The predicted molar refractivity (Wildman–Crippen MR) is 82.0 cm³/mol. The van der Waals surface area contributed by atoms with Gasteiger partial charge in [0.2, 0.25) is 5.91 Å². The van der Waals surface area contributed by atoms with Gasteiger partial charge in [-0.25, -0.2) is 0 Å². The number of nitrogens with zero attached hydrogens (tertiary/aromatic N) is 2. The molecule has 0 aliphatic carbocycles. The molecule has 1 aromatic rings. The van der Waals surface area contributed by atoms with Crippen LogP contribution in [0.1, 0.15) is 28.8 Å². The highest BCUT2D eigenvalue weighted by Gasteiger charge is 2.24. The maximum atomic E-state index is 12.4. The van der Waals surface area contributed by atoms with Gasteiger partial charge < -0.3 is 15.5 Å². The van der Waals surface area contributed by atoms with Gasteiger partial charge in [-0.15, -0.1) is 0 Å². The first-order chi connectivity index (χ1) is 10.1. The fourth-order valence-corrected chi connectivity index (χ4v) is 2.45. The van der Waals surface area contributed by atoms with Gasteiger partial charge in [-0.05, 0) is 32.0 Å². The SMILES string of the molecule is Cc1ccc(C(=O)N2CCN(C(=O)CCCN)CC2)cc1. The summed E-state index contributed by atoms with van der Waals surface area (Å²) in [6, 6.07) is 7.60. The second-order valence-electron chi connectivity index (χ2n) is 5.43. The molecule has 0 atom stereocenters. The first kappa shape index (κ1) is 15.5. The maximum Gasteiger partial charge on any atom is 0.253 e. The summed E-state index contributed by atoms with van der Waals surface area (Å²) in [6.07, 6.45) is 1.23. The molecule has 0 unspecified atom stereocenters. The molecule has 5 nitrogen and oxygen atoms in total. The van der Waals surface area contributed by atoms with Crippen LogP contribution < -0.4 is 5.73 Å². The van der Waals surface area contributed by atoms with E-state index in [1.165, 1.54) is 0 Å². The molecular formula is C16H23N3O2. The number of piperazine rings is 1. The smallest absolute Gasteiger partial charge is 0.253 e. The van der Waals surface area contributed by atoms with E-state index in [1.807, 2.05) is 41.0 Å². The fourth-order valence-electron chi connectivity index (χ4n) is 2.45. The first-order valence-electron chi connectivity index (χ1n) is 7.45. The minimum absolute atomic E-state index is 0.0454. The van der Waals surface area contributed by atoms with E-state index in [0.717, 1.165) is 12.0 Å². The van der Waals surface area contributed by atoms with Crippen molar-refractivity contribution < 1.29 is 9.59 Å². The molecule has 0 aromatic heterocycles. The molecule has 5 heteroatoms. The lowest BCUT2D eigenvalue weighted by Gasteiger charge is -2.35. The lowest BCUT2D eigenvalue weighted by Crippen LogP contribution is -2.50. The van der Waals surface area contributed by atoms with E-state index in [2.05, 4.69) is 0 Å². The zero-order valence-corrected chi connectivity index (χ0v) is 12.5. The maximum absolute atomic E-state index is 12.4. The van der Waals surface area contributed by atoms with Gasteiger partial charge in [0.05, 0.1) is 0 Å². The van der Waals surface area contributed by atoms with Crippen LogP contribution in [0.2, 0.25) is 0 Å². The fraction of sp³-hybridized carbons (Fsp3) is 0.500. The molecule has 0 saturated carbocycles. The highest BCUT2D eigenvalue weighted by molar-refractivity contribution is 5.94. The van der Waals surface area contributed by atoms with Crippen molar-refractivity contribution in [3.05, 3.63) is 35.4 Å². The van der Waals surface area contributed by atoms with Gasteiger partial charge in [0.1, 0.15) is 0 Å². The van der Waals surface area contributed by atoms with Crippen molar-refractivity contribution in [3.63, 3.8) is 0 Å². The summed E-state index contributed by atoms with van der Waals surface area (Å²) in [5.41, 5.74) is 7.27.